The van der Waals surface area contributed by atoms with Crippen LogP contribution in [0.3, 0.4) is 0 Å². The van der Waals surface area contributed by atoms with Crippen molar-refractivity contribution in [1.29, 1.82) is 0 Å². The number of esters is 1. The van der Waals surface area contributed by atoms with E-state index in [0.29, 0.717) is 12.3 Å². The second-order valence-electron chi connectivity index (χ2n) is 3.25. The van der Waals surface area contributed by atoms with Gasteiger partial charge >= 0.3 is 5.97 Å². The van der Waals surface area contributed by atoms with Crippen LogP contribution in [0.2, 0.25) is 0 Å². The molecule has 0 saturated heterocycles. The lowest BCUT2D eigenvalue weighted by Gasteiger charge is -2.02. The van der Waals surface area contributed by atoms with Crippen molar-refractivity contribution in [3.8, 4) is 0 Å². The number of aromatic amines is 1. The van der Waals surface area contributed by atoms with E-state index in [2.05, 4.69) is 15.5 Å². The summed E-state index contributed by atoms with van der Waals surface area (Å²) in [6.45, 7) is 4.15. The molecule has 1 aromatic heterocycles. The lowest BCUT2D eigenvalue weighted by atomic mass is 10.3. The zero-order valence-corrected chi connectivity index (χ0v) is 9.37. The first-order chi connectivity index (χ1) is 7.63. The molecule has 6 heteroatoms. The van der Waals surface area contributed by atoms with Crippen molar-refractivity contribution in [3.63, 3.8) is 0 Å². The third-order valence-corrected chi connectivity index (χ3v) is 1.86. The van der Waals surface area contributed by atoms with Crippen LogP contribution in [0.1, 0.15) is 29.5 Å². The van der Waals surface area contributed by atoms with Gasteiger partial charge in [0.2, 0.25) is 0 Å². The van der Waals surface area contributed by atoms with Crippen LogP contribution in [0.25, 0.3) is 0 Å². The quantitative estimate of drug-likeness (QED) is 0.710. The molecule has 0 aliphatic heterocycles. The number of amides is 1. The number of hydrogen-bond acceptors (Lipinski definition) is 4. The van der Waals surface area contributed by atoms with Gasteiger partial charge in [0, 0.05) is 12.2 Å². The van der Waals surface area contributed by atoms with E-state index in [0.717, 1.165) is 5.69 Å². The average molecular weight is 225 g/mol. The van der Waals surface area contributed by atoms with Crippen LogP contribution in [-0.4, -0.2) is 35.2 Å². The minimum atomic E-state index is -0.319. The number of H-pyrrole nitrogens is 1. The molecular weight excluding hydrogens is 210 g/mol. The zero-order valence-electron chi connectivity index (χ0n) is 9.37. The normalized spacial score (nSPS) is 9.88. The highest BCUT2D eigenvalue weighted by atomic mass is 16.5. The average Bonchev–Trinajstić information content (AvgIpc) is 2.65. The van der Waals surface area contributed by atoms with E-state index in [1.165, 1.54) is 0 Å². The molecule has 0 saturated carbocycles. The molecule has 2 N–H and O–H groups in total. The molecule has 0 fully saturated rings. The molecule has 0 bridgehead atoms. The van der Waals surface area contributed by atoms with Gasteiger partial charge < -0.3 is 10.1 Å². The molecule has 0 aromatic carbocycles. The maximum atomic E-state index is 11.5. The Morgan fingerprint density at radius 3 is 2.88 bits per heavy atom. The fourth-order valence-corrected chi connectivity index (χ4v) is 1.14. The van der Waals surface area contributed by atoms with Crippen molar-refractivity contribution in [2.75, 3.05) is 13.2 Å². The van der Waals surface area contributed by atoms with E-state index in [1.54, 1.807) is 13.0 Å². The SMILES string of the molecule is CCOC(=O)CCNC(=O)c1cc(C)[nH]n1. The van der Waals surface area contributed by atoms with Crippen LogP contribution >= 0.6 is 0 Å². The third kappa shape index (κ3) is 3.72. The van der Waals surface area contributed by atoms with E-state index in [9.17, 15) is 9.59 Å². The van der Waals surface area contributed by atoms with Crippen molar-refractivity contribution < 1.29 is 14.3 Å². The van der Waals surface area contributed by atoms with Gasteiger partial charge in [-0.15, -0.1) is 0 Å². The van der Waals surface area contributed by atoms with Crippen LogP contribution in [0, 0.1) is 6.92 Å². The molecule has 6 nitrogen and oxygen atoms in total. The summed E-state index contributed by atoms with van der Waals surface area (Å²) in [5, 5.41) is 9.04. The molecule has 1 amide bonds. The Hall–Kier alpha value is -1.85. The predicted molar refractivity (Wildman–Crippen MR) is 56.9 cm³/mol. The van der Waals surface area contributed by atoms with Gasteiger partial charge in [-0.1, -0.05) is 0 Å². The summed E-state index contributed by atoms with van der Waals surface area (Å²) >= 11 is 0. The molecule has 0 aliphatic carbocycles. The maximum Gasteiger partial charge on any atom is 0.307 e. The zero-order chi connectivity index (χ0) is 12.0. The van der Waals surface area contributed by atoms with Crippen molar-refractivity contribution in [2.24, 2.45) is 0 Å². The Labute approximate surface area is 93.4 Å². The number of carbonyl (C=O) groups is 2. The van der Waals surface area contributed by atoms with Gasteiger partial charge in [0.25, 0.3) is 5.91 Å². The van der Waals surface area contributed by atoms with E-state index < -0.39 is 0 Å². The van der Waals surface area contributed by atoms with Gasteiger partial charge in [0.05, 0.1) is 13.0 Å². The summed E-state index contributed by atoms with van der Waals surface area (Å²) in [5.74, 6) is -0.616. The monoisotopic (exact) mass is 225 g/mol. The van der Waals surface area contributed by atoms with Gasteiger partial charge in [-0.25, -0.2) is 0 Å². The van der Waals surface area contributed by atoms with Gasteiger partial charge in [0.1, 0.15) is 5.69 Å². The highest BCUT2D eigenvalue weighted by Gasteiger charge is 2.09. The number of rotatable bonds is 5. The summed E-state index contributed by atoms with van der Waals surface area (Å²) in [5.41, 5.74) is 1.14. The molecule has 1 aromatic rings. The Bertz CT molecular complexity index is 373. The second-order valence-corrected chi connectivity index (χ2v) is 3.25. The molecule has 0 atom stereocenters. The van der Waals surface area contributed by atoms with Crippen LogP contribution < -0.4 is 5.32 Å². The molecule has 0 aliphatic rings. The van der Waals surface area contributed by atoms with Crippen LogP contribution in [0.15, 0.2) is 6.07 Å². The Morgan fingerprint density at radius 2 is 2.31 bits per heavy atom. The predicted octanol–water partition coefficient (Wildman–Crippen LogP) is 0.401. The van der Waals surface area contributed by atoms with E-state index in [4.69, 9.17) is 4.74 Å². The number of ether oxygens (including phenoxy) is 1. The fourth-order valence-electron chi connectivity index (χ4n) is 1.14. The minimum Gasteiger partial charge on any atom is -0.466 e. The first-order valence-corrected chi connectivity index (χ1v) is 5.09. The highest BCUT2D eigenvalue weighted by molar-refractivity contribution is 5.92. The molecule has 16 heavy (non-hydrogen) atoms. The number of nitrogens with zero attached hydrogens (tertiary/aromatic N) is 1. The molecule has 0 unspecified atom stereocenters. The number of aryl methyl sites for hydroxylation is 1. The topological polar surface area (TPSA) is 84.1 Å². The minimum absolute atomic E-state index is 0.170. The first-order valence-electron chi connectivity index (χ1n) is 5.09. The number of nitrogens with one attached hydrogen (secondary N) is 2. The largest absolute Gasteiger partial charge is 0.466 e. The Balaban J connectivity index is 2.28. The van der Waals surface area contributed by atoms with Crippen LogP contribution in [-0.2, 0) is 9.53 Å². The molecule has 88 valence electrons. The smallest absolute Gasteiger partial charge is 0.307 e. The molecular formula is C10H15N3O3. The first kappa shape index (κ1) is 12.2. The molecule has 1 heterocycles. The standard InChI is InChI=1S/C10H15N3O3/c1-3-16-9(14)4-5-11-10(15)8-6-7(2)12-13-8/h6H,3-5H2,1-2H3,(H,11,15)(H,12,13). The Kier molecular flexibility index (Phi) is 4.50. The summed E-state index contributed by atoms with van der Waals surface area (Å²) in [4.78, 5) is 22.4. The van der Waals surface area contributed by atoms with E-state index >= 15 is 0 Å². The van der Waals surface area contributed by atoms with Gasteiger partial charge in [0.15, 0.2) is 0 Å². The van der Waals surface area contributed by atoms with Gasteiger partial charge in [-0.05, 0) is 19.9 Å². The second kappa shape index (κ2) is 5.89. The number of aromatic nitrogens is 2. The third-order valence-electron chi connectivity index (χ3n) is 1.86. The molecule has 1 rings (SSSR count). The maximum absolute atomic E-state index is 11.5. The van der Waals surface area contributed by atoms with Crippen molar-refractivity contribution in [1.82, 2.24) is 15.5 Å². The fraction of sp³-hybridized carbons (Fsp3) is 0.500. The van der Waals surface area contributed by atoms with Gasteiger partial charge in [-0.2, -0.15) is 5.10 Å². The number of hydrogen-bond donors (Lipinski definition) is 2. The van der Waals surface area contributed by atoms with Crippen LogP contribution in [0.4, 0.5) is 0 Å². The lowest BCUT2D eigenvalue weighted by molar-refractivity contribution is -0.142. The lowest BCUT2D eigenvalue weighted by Crippen LogP contribution is -2.26. The van der Waals surface area contributed by atoms with E-state index in [1.807, 2.05) is 6.92 Å². The molecule has 0 radical (unpaired) electrons. The highest BCUT2D eigenvalue weighted by Crippen LogP contribution is 1.97. The summed E-state index contributed by atoms with van der Waals surface area (Å²) < 4.78 is 4.72. The summed E-state index contributed by atoms with van der Waals surface area (Å²) in [6.07, 6.45) is 0.170. The number of carbonyl (C=O) groups excluding carboxylic acids is 2. The summed E-state index contributed by atoms with van der Waals surface area (Å²) in [6, 6.07) is 1.64. The summed E-state index contributed by atoms with van der Waals surface area (Å²) in [7, 11) is 0. The van der Waals surface area contributed by atoms with Crippen molar-refractivity contribution in [2.45, 2.75) is 20.3 Å². The Morgan fingerprint density at radius 1 is 1.56 bits per heavy atom. The van der Waals surface area contributed by atoms with E-state index in [-0.39, 0.29) is 24.8 Å². The van der Waals surface area contributed by atoms with Gasteiger partial charge in [-0.3, -0.25) is 14.7 Å². The molecule has 0 spiro atoms. The van der Waals surface area contributed by atoms with Crippen molar-refractivity contribution >= 4 is 11.9 Å². The van der Waals surface area contributed by atoms with Crippen molar-refractivity contribution in [3.05, 3.63) is 17.5 Å². The van der Waals surface area contributed by atoms with Crippen LogP contribution in [0.5, 0.6) is 0 Å².